The zero-order chi connectivity index (χ0) is 17.8. The maximum absolute atomic E-state index is 13.2. The van der Waals surface area contributed by atoms with Gasteiger partial charge in [-0.1, -0.05) is 19.9 Å². The minimum Gasteiger partial charge on any atom is -0.342 e. The van der Waals surface area contributed by atoms with E-state index in [1.165, 1.54) is 6.42 Å². The first kappa shape index (κ1) is 17.9. The van der Waals surface area contributed by atoms with Crippen LogP contribution < -0.4 is 0 Å². The minimum absolute atomic E-state index is 0.154. The third kappa shape index (κ3) is 4.02. The smallest absolute Gasteiger partial charge is 0.228 e. The van der Waals surface area contributed by atoms with Crippen LogP contribution >= 0.6 is 0 Å². The summed E-state index contributed by atoms with van der Waals surface area (Å²) in [5, 5.41) is 0. The number of aromatic nitrogens is 1. The van der Waals surface area contributed by atoms with E-state index in [9.17, 15) is 9.59 Å². The Morgan fingerprint density at radius 3 is 2.68 bits per heavy atom. The molecule has 0 saturated carbocycles. The van der Waals surface area contributed by atoms with Crippen molar-refractivity contribution in [2.45, 2.75) is 52.0 Å². The molecule has 136 valence electrons. The van der Waals surface area contributed by atoms with Crippen molar-refractivity contribution in [2.24, 2.45) is 11.8 Å². The van der Waals surface area contributed by atoms with Crippen LogP contribution in [0.3, 0.4) is 0 Å². The third-order valence-corrected chi connectivity index (χ3v) is 5.28. The van der Waals surface area contributed by atoms with Gasteiger partial charge in [0, 0.05) is 38.4 Å². The largest absolute Gasteiger partial charge is 0.342 e. The lowest BCUT2D eigenvalue weighted by Gasteiger charge is -2.43. The number of carbonyl (C=O) groups is 2. The van der Waals surface area contributed by atoms with Crippen molar-refractivity contribution in [3.63, 3.8) is 0 Å². The third-order valence-electron chi connectivity index (χ3n) is 5.28. The summed E-state index contributed by atoms with van der Waals surface area (Å²) in [4.78, 5) is 34.1. The number of nitrogens with zero attached hydrogens (tertiary/aromatic N) is 3. The molecule has 5 heteroatoms. The molecule has 1 aromatic rings. The number of carbonyl (C=O) groups excluding carboxylic acids is 2. The molecule has 0 radical (unpaired) electrons. The lowest BCUT2D eigenvalue weighted by Crippen LogP contribution is -2.50. The second-order valence-corrected chi connectivity index (χ2v) is 7.70. The second-order valence-electron chi connectivity index (χ2n) is 7.70. The Bertz CT molecular complexity index is 596. The number of rotatable bonds is 4. The van der Waals surface area contributed by atoms with Gasteiger partial charge in [-0.2, -0.15) is 0 Å². The van der Waals surface area contributed by atoms with Gasteiger partial charge >= 0.3 is 0 Å². The number of hydrogen-bond acceptors (Lipinski definition) is 3. The van der Waals surface area contributed by atoms with Gasteiger partial charge in [0.1, 0.15) is 0 Å². The summed E-state index contributed by atoms with van der Waals surface area (Å²) in [6.07, 6.45) is 8.04. The van der Waals surface area contributed by atoms with Crippen LogP contribution in [-0.2, 0) is 9.59 Å². The van der Waals surface area contributed by atoms with E-state index < -0.39 is 0 Å². The number of hydrogen-bond donors (Lipinski definition) is 0. The minimum atomic E-state index is -0.188. The molecule has 2 atom stereocenters. The summed E-state index contributed by atoms with van der Waals surface area (Å²) < 4.78 is 0. The fourth-order valence-corrected chi connectivity index (χ4v) is 4.13. The standard InChI is InChI=1S/C20H29N3O2/c1-15(2)14-23-18(24)9-8-17(19(23)16-7-6-10-21-13-16)20(25)22-11-4-3-5-12-22/h6-7,10,13,15,17,19H,3-5,8-9,11-12,14H2,1-2H3/t17-,19+/m1/s1. The highest BCUT2D eigenvalue weighted by atomic mass is 16.2. The van der Waals surface area contributed by atoms with E-state index in [0.717, 1.165) is 31.5 Å². The molecule has 0 N–H and O–H groups in total. The molecule has 0 bridgehead atoms. The van der Waals surface area contributed by atoms with Crippen molar-refractivity contribution < 1.29 is 9.59 Å². The SMILES string of the molecule is CC(C)CN1C(=O)CC[C@@H](C(=O)N2CCCCC2)[C@@H]1c1cccnc1. The fourth-order valence-electron chi connectivity index (χ4n) is 4.13. The van der Waals surface area contributed by atoms with Crippen LogP contribution in [0.1, 0.15) is 57.6 Å². The van der Waals surface area contributed by atoms with E-state index in [4.69, 9.17) is 0 Å². The highest BCUT2D eigenvalue weighted by Gasteiger charge is 2.42. The van der Waals surface area contributed by atoms with Gasteiger partial charge in [-0.05, 0) is 43.2 Å². The zero-order valence-corrected chi connectivity index (χ0v) is 15.4. The van der Waals surface area contributed by atoms with Gasteiger partial charge in [-0.3, -0.25) is 14.6 Å². The van der Waals surface area contributed by atoms with E-state index >= 15 is 0 Å². The monoisotopic (exact) mass is 343 g/mol. The molecule has 1 aromatic heterocycles. The summed E-state index contributed by atoms with van der Waals surface area (Å²) in [6, 6.07) is 3.71. The maximum atomic E-state index is 13.2. The molecular weight excluding hydrogens is 314 g/mol. The normalized spacial score (nSPS) is 24.7. The maximum Gasteiger partial charge on any atom is 0.228 e. The van der Waals surface area contributed by atoms with E-state index in [1.54, 1.807) is 6.20 Å². The summed E-state index contributed by atoms with van der Waals surface area (Å²) >= 11 is 0. The van der Waals surface area contributed by atoms with Crippen LogP contribution in [0.25, 0.3) is 0 Å². The first-order chi connectivity index (χ1) is 12.1. The Morgan fingerprint density at radius 2 is 2.04 bits per heavy atom. The lowest BCUT2D eigenvalue weighted by molar-refractivity contribution is -0.149. The molecule has 25 heavy (non-hydrogen) atoms. The zero-order valence-electron chi connectivity index (χ0n) is 15.4. The van der Waals surface area contributed by atoms with Crippen molar-refractivity contribution in [1.29, 1.82) is 0 Å². The summed E-state index contributed by atoms with van der Waals surface area (Å²) in [7, 11) is 0. The molecule has 2 amide bonds. The Balaban J connectivity index is 1.91. The first-order valence-corrected chi connectivity index (χ1v) is 9.56. The number of likely N-dealkylation sites (tertiary alicyclic amines) is 2. The van der Waals surface area contributed by atoms with Crippen molar-refractivity contribution >= 4 is 11.8 Å². The van der Waals surface area contributed by atoms with Crippen molar-refractivity contribution in [2.75, 3.05) is 19.6 Å². The predicted molar refractivity (Wildman–Crippen MR) is 96.7 cm³/mol. The Hall–Kier alpha value is -1.91. The Morgan fingerprint density at radius 1 is 1.28 bits per heavy atom. The quantitative estimate of drug-likeness (QED) is 0.844. The Kier molecular flexibility index (Phi) is 5.71. The van der Waals surface area contributed by atoms with Crippen LogP contribution in [0.15, 0.2) is 24.5 Å². The highest BCUT2D eigenvalue weighted by molar-refractivity contribution is 5.85. The van der Waals surface area contributed by atoms with Crippen LogP contribution in [0.4, 0.5) is 0 Å². The average molecular weight is 343 g/mol. The van der Waals surface area contributed by atoms with Gasteiger partial charge in [0.2, 0.25) is 11.8 Å². The number of amides is 2. The summed E-state index contributed by atoms with van der Waals surface area (Å²) in [5.74, 6) is 0.589. The number of pyridine rings is 1. The molecule has 0 spiro atoms. The van der Waals surface area contributed by atoms with E-state index in [1.807, 2.05) is 28.1 Å². The van der Waals surface area contributed by atoms with Crippen molar-refractivity contribution in [3.8, 4) is 0 Å². The van der Waals surface area contributed by atoms with Gasteiger partial charge in [0.25, 0.3) is 0 Å². The molecule has 0 aliphatic carbocycles. The molecule has 0 unspecified atom stereocenters. The molecule has 3 heterocycles. The molecule has 2 aliphatic heterocycles. The Labute approximate surface area is 150 Å². The predicted octanol–water partition coefficient (Wildman–Crippen LogP) is 3.03. The van der Waals surface area contributed by atoms with Gasteiger partial charge < -0.3 is 9.80 Å². The van der Waals surface area contributed by atoms with Crippen molar-refractivity contribution in [3.05, 3.63) is 30.1 Å². The van der Waals surface area contributed by atoms with Crippen LogP contribution in [0.5, 0.6) is 0 Å². The van der Waals surface area contributed by atoms with Gasteiger partial charge in [-0.25, -0.2) is 0 Å². The topological polar surface area (TPSA) is 53.5 Å². The van der Waals surface area contributed by atoms with E-state index in [2.05, 4.69) is 18.8 Å². The molecular formula is C20H29N3O2. The van der Waals surface area contributed by atoms with Gasteiger partial charge in [0.15, 0.2) is 0 Å². The number of piperidine rings is 2. The molecule has 2 fully saturated rings. The fraction of sp³-hybridized carbons (Fsp3) is 0.650. The van der Waals surface area contributed by atoms with Crippen LogP contribution in [0, 0.1) is 11.8 Å². The second kappa shape index (κ2) is 7.98. The van der Waals surface area contributed by atoms with E-state index in [0.29, 0.717) is 25.3 Å². The van der Waals surface area contributed by atoms with Gasteiger partial charge in [0.05, 0.1) is 12.0 Å². The van der Waals surface area contributed by atoms with Crippen molar-refractivity contribution in [1.82, 2.24) is 14.8 Å². The molecule has 2 aliphatic rings. The summed E-state index contributed by atoms with van der Waals surface area (Å²) in [6.45, 7) is 6.62. The molecule has 5 nitrogen and oxygen atoms in total. The van der Waals surface area contributed by atoms with Crippen LogP contribution in [0.2, 0.25) is 0 Å². The van der Waals surface area contributed by atoms with Gasteiger partial charge in [-0.15, -0.1) is 0 Å². The molecule has 0 aromatic carbocycles. The first-order valence-electron chi connectivity index (χ1n) is 9.56. The molecule has 3 rings (SSSR count). The van der Waals surface area contributed by atoms with E-state index in [-0.39, 0.29) is 23.8 Å². The average Bonchev–Trinajstić information content (AvgIpc) is 2.64. The highest BCUT2D eigenvalue weighted by Crippen LogP contribution is 2.38. The summed E-state index contributed by atoms with van der Waals surface area (Å²) in [5.41, 5.74) is 0.978. The lowest BCUT2D eigenvalue weighted by atomic mass is 9.83. The van der Waals surface area contributed by atoms with Crippen LogP contribution in [-0.4, -0.2) is 46.2 Å². The molecule has 2 saturated heterocycles.